The molecule has 1 aliphatic rings. The number of hydrogen-bond acceptors (Lipinski definition) is 3. The average molecular weight is 221 g/mol. The number of nitrogens with one attached hydrogen (secondary N) is 1. The molecule has 3 nitrogen and oxygen atoms in total. The molecule has 3 N–H and O–H groups in total. The zero-order valence-electron chi connectivity index (χ0n) is 8.79. The third-order valence-corrected chi connectivity index (χ3v) is 3.04. The molecule has 1 fully saturated rings. The second-order valence-electron chi connectivity index (χ2n) is 4.43. The molecule has 1 aliphatic carbocycles. The summed E-state index contributed by atoms with van der Waals surface area (Å²) in [6.45, 7) is 3.24. The van der Waals surface area contributed by atoms with Crippen molar-refractivity contribution >= 4 is 22.9 Å². The lowest BCUT2D eigenvalue weighted by atomic mass is 10.1. The molecular formula is C11H15N3S. The highest BCUT2D eigenvalue weighted by Gasteiger charge is 2.36. The molecular weight excluding hydrogens is 206 g/mol. The van der Waals surface area contributed by atoms with E-state index >= 15 is 0 Å². The highest BCUT2D eigenvalue weighted by atomic mass is 32.1. The minimum absolute atomic E-state index is 0.346. The van der Waals surface area contributed by atoms with Crippen LogP contribution in [0.4, 0.5) is 5.69 Å². The van der Waals surface area contributed by atoms with Crippen molar-refractivity contribution in [2.24, 2.45) is 11.1 Å². The maximum Gasteiger partial charge on any atom is 0.124 e. The zero-order valence-corrected chi connectivity index (χ0v) is 9.60. The van der Waals surface area contributed by atoms with Crippen LogP contribution in [0.25, 0.3) is 0 Å². The van der Waals surface area contributed by atoms with Crippen LogP contribution in [0.2, 0.25) is 0 Å². The average Bonchev–Trinajstić information content (AvgIpc) is 2.95. The van der Waals surface area contributed by atoms with Crippen LogP contribution in [0.1, 0.15) is 25.5 Å². The largest absolute Gasteiger partial charge is 0.388 e. The van der Waals surface area contributed by atoms with Crippen LogP contribution in [-0.2, 0) is 0 Å². The molecule has 0 unspecified atom stereocenters. The van der Waals surface area contributed by atoms with Gasteiger partial charge in [-0.15, -0.1) is 0 Å². The van der Waals surface area contributed by atoms with Crippen LogP contribution in [0, 0.1) is 5.41 Å². The van der Waals surface area contributed by atoms with Gasteiger partial charge in [0, 0.05) is 12.7 Å². The van der Waals surface area contributed by atoms with Gasteiger partial charge in [0.1, 0.15) is 10.7 Å². The van der Waals surface area contributed by atoms with E-state index in [-0.39, 0.29) is 0 Å². The van der Waals surface area contributed by atoms with E-state index in [1.165, 1.54) is 12.8 Å². The van der Waals surface area contributed by atoms with Crippen LogP contribution in [0.5, 0.6) is 0 Å². The van der Waals surface area contributed by atoms with E-state index in [0.717, 1.165) is 12.2 Å². The van der Waals surface area contributed by atoms with Crippen molar-refractivity contribution in [3.05, 3.63) is 24.0 Å². The van der Waals surface area contributed by atoms with E-state index in [1.807, 2.05) is 12.1 Å². The van der Waals surface area contributed by atoms with E-state index in [0.29, 0.717) is 16.1 Å². The Labute approximate surface area is 95.1 Å². The van der Waals surface area contributed by atoms with Crippen molar-refractivity contribution in [2.75, 3.05) is 11.9 Å². The van der Waals surface area contributed by atoms with Crippen LogP contribution in [0.15, 0.2) is 18.3 Å². The van der Waals surface area contributed by atoms with E-state index in [1.54, 1.807) is 6.20 Å². The molecule has 80 valence electrons. The molecule has 0 aromatic carbocycles. The molecule has 1 aromatic heterocycles. The number of hydrogen-bond donors (Lipinski definition) is 2. The Kier molecular flexibility index (Phi) is 2.61. The maximum absolute atomic E-state index is 5.60. The number of nitrogens with zero attached hydrogens (tertiary/aromatic N) is 1. The second kappa shape index (κ2) is 3.77. The SMILES string of the molecule is CC1(CNc2cccnc2C(N)=S)CC1. The molecule has 1 aromatic rings. The summed E-state index contributed by atoms with van der Waals surface area (Å²) in [5.74, 6) is 0. The third-order valence-electron chi connectivity index (χ3n) is 2.85. The molecule has 0 bridgehead atoms. The Morgan fingerprint density at radius 1 is 1.67 bits per heavy atom. The normalized spacial score (nSPS) is 17.1. The van der Waals surface area contributed by atoms with Gasteiger partial charge < -0.3 is 11.1 Å². The van der Waals surface area contributed by atoms with Crippen LogP contribution < -0.4 is 11.1 Å². The van der Waals surface area contributed by atoms with Crippen molar-refractivity contribution < 1.29 is 0 Å². The predicted molar refractivity (Wildman–Crippen MR) is 66.0 cm³/mol. The Morgan fingerprint density at radius 3 is 3.00 bits per heavy atom. The Balaban J connectivity index is 2.09. The van der Waals surface area contributed by atoms with Gasteiger partial charge in [-0.1, -0.05) is 19.1 Å². The van der Waals surface area contributed by atoms with E-state index in [9.17, 15) is 0 Å². The summed E-state index contributed by atoms with van der Waals surface area (Å²) in [5.41, 5.74) is 7.69. The summed E-state index contributed by atoms with van der Waals surface area (Å²) in [6.07, 6.45) is 4.30. The van der Waals surface area contributed by atoms with Gasteiger partial charge in [0.2, 0.25) is 0 Å². The minimum atomic E-state index is 0.346. The molecule has 0 amide bonds. The molecule has 0 spiro atoms. The lowest BCUT2D eigenvalue weighted by Gasteiger charge is -2.13. The van der Waals surface area contributed by atoms with Gasteiger partial charge in [-0.05, 0) is 30.4 Å². The first kappa shape index (κ1) is 10.4. The molecule has 1 saturated carbocycles. The fourth-order valence-electron chi connectivity index (χ4n) is 1.44. The molecule has 0 saturated heterocycles. The van der Waals surface area contributed by atoms with Gasteiger partial charge >= 0.3 is 0 Å². The van der Waals surface area contributed by atoms with Crippen LogP contribution in [0.3, 0.4) is 0 Å². The van der Waals surface area contributed by atoms with E-state index in [4.69, 9.17) is 18.0 Å². The maximum atomic E-state index is 5.60. The van der Waals surface area contributed by atoms with Crippen LogP contribution in [-0.4, -0.2) is 16.5 Å². The minimum Gasteiger partial charge on any atom is -0.388 e. The van der Waals surface area contributed by atoms with Gasteiger partial charge in [-0.25, -0.2) is 0 Å². The number of nitrogens with two attached hydrogens (primary N) is 1. The summed E-state index contributed by atoms with van der Waals surface area (Å²) in [6, 6.07) is 3.85. The Morgan fingerprint density at radius 2 is 2.40 bits per heavy atom. The monoisotopic (exact) mass is 221 g/mol. The number of thiocarbonyl (C=S) groups is 1. The van der Waals surface area contributed by atoms with Crippen molar-refractivity contribution in [3.8, 4) is 0 Å². The Bertz CT molecular complexity index is 385. The molecule has 0 radical (unpaired) electrons. The van der Waals surface area contributed by atoms with Gasteiger partial charge in [0.25, 0.3) is 0 Å². The first-order valence-corrected chi connectivity index (χ1v) is 5.50. The quantitative estimate of drug-likeness (QED) is 0.763. The van der Waals surface area contributed by atoms with Gasteiger partial charge in [0.15, 0.2) is 0 Å². The van der Waals surface area contributed by atoms with Gasteiger partial charge in [-0.3, -0.25) is 4.98 Å². The first-order valence-electron chi connectivity index (χ1n) is 5.09. The van der Waals surface area contributed by atoms with E-state index < -0.39 is 0 Å². The highest BCUT2D eigenvalue weighted by molar-refractivity contribution is 7.80. The summed E-state index contributed by atoms with van der Waals surface area (Å²) in [5, 5.41) is 3.37. The molecule has 2 rings (SSSR count). The Hall–Kier alpha value is -1.16. The number of rotatable bonds is 4. The second-order valence-corrected chi connectivity index (χ2v) is 4.87. The van der Waals surface area contributed by atoms with Gasteiger partial charge in [-0.2, -0.15) is 0 Å². The number of anilines is 1. The summed E-state index contributed by atoms with van der Waals surface area (Å²) < 4.78 is 0. The third kappa shape index (κ3) is 2.45. The fraction of sp³-hybridized carbons (Fsp3) is 0.455. The lowest BCUT2D eigenvalue weighted by Crippen LogP contribution is -2.18. The molecule has 0 aliphatic heterocycles. The number of aromatic nitrogens is 1. The number of pyridine rings is 1. The van der Waals surface area contributed by atoms with Crippen molar-refractivity contribution in [3.63, 3.8) is 0 Å². The molecule has 15 heavy (non-hydrogen) atoms. The molecule has 1 heterocycles. The molecule has 0 atom stereocenters. The van der Waals surface area contributed by atoms with Crippen molar-refractivity contribution in [1.82, 2.24) is 4.98 Å². The fourth-order valence-corrected chi connectivity index (χ4v) is 1.61. The van der Waals surface area contributed by atoms with Gasteiger partial charge in [0.05, 0.1) is 5.69 Å². The lowest BCUT2D eigenvalue weighted by molar-refractivity contribution is 0.610. The summed E-state index contributed by atoms with van der Waals surface area (Å²) in [4.78, 5) is 4.52. The zero-order chi connectivity index (χ0) is 10.9. The highest BCUT2D eigenvalue weighted by Crippen LogP contribution is 2.44. The van der Waals surface area contributed by atoms with Crippen LogP contribution >= 0.6 is 12.2 Å². The smallest absolute Gasteiger partial charge is 0.124 e. The van der Waals surface area contributed by atoms with E-state index in [2.05, 4.69) is 17.2 Å². The molecule has 4 heteroatoms. The summed E-state index contributed by atoms with van der Waals surface area (Å²) >= 11 is 4.95. The summed E-state index contributed by atoms with van der Waals surface area (Å²) in [7, 11) is 0. The topological polar surface area (TPSA) is 50.9 Å². The first-order chi connectivity index (χ1) is 7.11. The predicted octanol–water partition coefficient (Wildman–Crippen LogP) is 1.93. The van der Waals surface area contributed by atoms with Crippen molar-refractivity contribution in [2.45, 2.75) is 19.8 Å². The van der Waals surface area contributed by atoms with Crippen molar-refractivity contribution in [1.29, 1.82) is 0 Å². The standard InChI is InChI=1S/C11H15N3S/c1-11(4-5-11)7-14-8-3-2-6-13-9(8)10(12)15/h2-3,6,14H,4-5,7H2,1H3,(H2,12,15).